The van der Waals surface area contributed by atoms with E-state index in [0.29, 0.717) is 18.4 Å². The van der Waals surface area contributed by atoms with Gasteiger partial charge in [-0.1, -0.05) is 13.8 Å². The molecule has 0 unspecified atom stereocenters. The van der Waals surface area contributed by atoms with Crippen LogP contribution in [0.1, 0.15) is 78.6 Å². The van der Waals surface area contributed by atoms with Crippen molar-refractivity contribution in [3.8, 4) is 0 Å². The summed E-state index contributed by atoms with van der Waals surface area (Å²) in [5.74, 6) is 1.22. The summed E-state index contributed by atoms with van der Waals surface area (Å²) in [5.41, 5.74) is 0.300. The Kier molecular flexibility index (Phi) is 6.80. The van der Waals surface area contributed by atoms with E-state index in [-0.39, 0.29) is 34.7 Å². The Morgan fingerprint density at radius 1 is 1.00 bits per heavy atom. The molecule has 0 amide bonds. The van der Waals surface area contributed by atoms with Crippen LogP contribution in [0.5, 0.6) is 0 Å². The second kappa shape index (κ2) is 9.52. The fourth-order valence-corrected chi connectivity index (χ4v) is 10.1. The molecular weight excluding hydrogens is 488 g/mol. The van der Waals surface area contributed by atoms with E-state index < -0.39 is 36.3 Å². The van der Waals surface area contributed by atoms with Crippen LogP contribution in [0.25, 0.3) is 0 Å². The Bertz CT molecular complexity index is 968. The number of methoxy groups -OCH3 is 1. The molecule has 8 nitrogen and oxygen atoms in total. The van der Waals surface area contributed by atoms with E-state index in [9.17, 15) is 20.1 Å². The van der Waals surface area contributed by atoms with Crippen LogP contribution in [0.2, 0.25) is 0 Å². The average Bonchev–Trinajstić information content (AvgIpc) is 3.43. The number of aliphatic hydroxyl groups is 3. The highest BCUT2D eigenvalue weighted by Gasteiger charge is 2.67. The zero-order valence-corrected chi connectivity index (χ0v) is 23.3. The maximum absolute atomic E-state index is 12.4. The highest BCUT2D eigenvalue weighted by Crippen LogP contribution is 2.70. The second-order valence-electron chi connectivity index (χ2n) is 13.7. The molecule has 0 bridgehead atoms. The van der Waals surface area contributed by atoms with Gasteiger partial charge in [-0.05, 0) is 99.4 Å². The number of esters is 1. The zero-order chi connectivity index (χ0) is 27.0. The van der Waals surface area contributed by atoms with Gasteiger partial charge in [-0.25, -0.2) is 4.79 Å². The van der Waals surface area contributed by atoms with Gasteiger partial charge in [-0.3, -0.25) is 0 Å². The molecule has 6 rings (SSSR count). The van der Waals surface area contributed by atoms with E-state index in [1.807, 2.05) is 0 Å². The van der Waals surface area contributed by atoms with Crippen molar-refractivity contribution in [3.05, 3.63) is 11.6 Å². The van der Waals surface area contributed by atoms with E-state index >= 15 is 0 Å². The van der Waals surface area contributed by atoms with Crippen LogP contribution in [0.15, 0.2) is 11.6 Å². The molecule has 0 aromatic rings. The molecule has 13 atom stereocenters. The van der Waals surface area contributed by atoms with Crippen molar-refractivity contribution in [3.63, 3.8) is 0 Å². The van der Waals surface area contributed by atoms with Gasteiger partial charge in [-0.15, -0.1) is 0 Å². The van der Waals surface area contributed by atoms with Crippen molar-refractivity contribution >= 4 is 5.97 Å². The van der Waals surface area contributed by atoms with Gasteiger partial charge in [0.2, 0.25) is 0 Å². The van der Waals surface area contributed by atoms with Gasteiger partial charge in [0.15, 0.2) is 6.29 Å². The highest BCUT2D eigenvalue weighted by molar-refractivity contribution is 5.85. The third-order valence-electron chi connectivity index (χ3n) is 12.3. The molecule has 0 aromatic carbocycles. The number of hydrogen-bond acceptors (Lipinski definition) is 8. The molecule has 6 aliphatic rings. The molecule has 4 aliphatic carbocycles. The molecule has 0 aromatic heterocycles. The van der Waals surface area contributed by atoms with Crippen molar-refractivity contribution in [2.45, 2.75) is 121 Å². The first-order chi connectivity index (χ1) is 18.0. The predicted octanol–water partition coefficient (Wildman–Crippen LogP) is 3.11. The predicted molar refractivity (Wildman–Crippen MR) is 138 cm³/mol. The average molecular weight is 535 g/mol. The van der Waals surface area contributed by atoms with Crippen LogP contribution in [0.3, 0.4) is 0 Å². The van der Waals surface area contributed by atoms with Gasteiger partial charge in [-0.2, -0.15) is 0 Å². The monoisotopic (exact) mass is 534 g/mol. The fraction of sp³-hybridized carbons (Fsp3) is 0.900. The van der Waals surface area contributed by atoms with Crippen LogP contribution in [-0.4, -0.2) is 77.4 Å². The van der Waals surface area contributed by atoms with Crippen LogP contribution in [0, 0.1) is 34.5 Å². The summed E-state index contributed by atoms with van der Waals surface area (Å²) in [6.07, 6.45) is 6.45. The lowest BCUT2D eigenvalue weighted by molar-refractivity contribution is -0.313. The second-order valence-corrected chi connectivity index (χ2v) is 13.7. The molecule has 38 heavy (non-hydrogen) atoms. The van der Waals surface area contributed by atoms with E-state index in [0.717, 1.165) is 63.4 Å². The largest absolute Gasteiger partial charge is 0.458 e. The summed E-state index contributed by atoms with van der Waals surface area (Å²) in [5, 5.41) is 33.5. The van der Waals surface area contributed by atoms with Gasteiger partial charge in [0.05, 0.1) is 17.8 Å². The molecule has 214 valence electrons. The lowest BCUT2D eigenvalue weighted by Crippen LogP contribution is -2.62. The van der Waals surface area contributed by atoms with Crippen molar-refractivity contribution in [2.24, 2.45) is 34.5 Å². The van der Waals surface area contributed by atoms with Crippen molar-refractivity contribution < 1.29 is 39.1 Å². The fourth-order valence-electron chi connectivity index (χ4n) is 10.1. The standard InChI is InChI=1S/C30H46O8/c1-16-24(32)26(35-4)25(33)27(37-16)38-19-7-10-28(2)18(14-19)5-6-22-21(28)8-11-29(3)20(9-12-30(22,29)34)17-13-23(31)36-15-17/h13,16,18-22,24-27,32-34H,5-12,14-15H2,1-4H3/t16-,18+,19-,20+,21-,22+,24-,25-,26+,27-,28-,29+,30-/m0/s1. The minimum atomic E-state index is -1.04. The summed E-state index contributed by atoms with van der Waals surface area (Å²) >= 11 is 0. The Hall–Kier alpha value is -1.03. The summed E-state index contributed by atoms with van der Waals surface area (Å²) in [6, 6.07) is 0. The molecule has 4 saturated carbocycles. The first-order valence-corrected chi connectivity index (χ1v) is 14.8. The lowest BCUT2D eigenvalue weighted by Gasteiger charge is -2.64. The van der Waals surface area contributed by atoms with Gasteiger partial charge in [0.25, 0.3) is 0 Å². The highest BCUT2D eigenvalue weighted by atomic mass is 16.7. The number of aliphatic hydroxyl groups excluding tert-OH is 2. The van der Waals surface area contributed by atoms with E-state index in [1.165, 1.54) is 7.11 Å². The van der Waals surface area contributed by atoms with Crippen molar-refractivity contribution in [1.29, 1.82) is 0 Å². The van der Waals surface area contributed by atoms with Crippen LogP contribution in [0.4, 0.5) is 0 Å². The van der Waals surface area contributed by atoms with E-state index in [4.69, 9.17) is 18.9 Å². The molecule has 0 radical (unpaired) electrons. The quantitative estimate of drug-likeness (QED) is 0.372. The molecular formula is C30H46O8. The number of fused-ring (bicyclic) bond motifs is 5. The lowest BCUT2D eigenvalue weighted by atomic mass is 9.43. The maximum Gasteiger partial charge on any atom is 0.331 e. The zero-order valence-electron chi connectivity index (χ0n) is 23.3. The van der Waals surface area contributed by atoms with E-state index in [1.54, 1.807) is 13.0 Å². The number of hydrogen-bond donors (Lipinski definition) is 3. The molecule has 3 N–H and O–H groups in total. The van der Waals surface area contributed by atoms with Crippen molar-refractivity contribution in [1.82, 2.24) is 0 Å². The molecule has 0 spiro atoms. The van der Waals surface area contributed by atoms with Crippen LogP contribution < -0.4 is 0 Å². The summed E-state index contributed by atoms with van der Waals surface area (Å²) in [6.45, 7) is 6.87. The normalized spacial score (nSPS) is 54.5. The number of carbonyl (C=O) groups is 1. The number of carbonyl (C=O) groups excluding carboxylic acids is 1. The minimum absolute atomic E-state index is 0.0103. The molecule has 5 fully saturated rings. The van der Waals surface area contributed by atoms with E-state index in [2.05, 4.69) is 13.8 Å². The molecule has 1 saturated heterocycles. The number of rotatable bonds is 4. The third kappa shape index (κ3) is 3.88. The molecule has 8 heteroatoms. The minimum Gasteiger partial charge on any atom is -0.458 e. The molecule has 2 heterocycles. The SMILES string of the molecule is CO[C@H]1[C@H](O)[C@H](O[C@H]2CC[C@@]3(C)[C@H](CC[C@@H]4[C@@H]3CC[C@]3(C)[C@@H](C5=CC(=O)OC5)CC[C@]43O)C2)O[C@@H](C)[C@@H]1O. The first kappa shape index (κ1) is 27.2. The van der Waals surface area contributed by atoms with Crippen LogP contribution in [-0.2, 0) is 23.7 Å². The van der Waals surface area contributed by atoms with Gasteiger partial charge in [0, 0.05) is 18.6 Å². The summed E-state index contributed by atoms with van der Waals surface area (Å²) < 4.78 is 22.8. The first-order valence-electron chi connectivity index (χ1n) is 14.8. The molecule has 2 aliphatic heterocycles. The van der Waals surface area contributed by atoms with Gasteiger partial charge < -0.3 is 34.3 Å². The third-order valence-corrected chi connectivity index (χ3v) is 12.3. The smallest absolute Gasteiger partial charge is 0.331 e. The Morgan fingerprint density at radius 3 is 2.50 bits per heavy atom. The number of ether oxygens (including phenoxy) is 4. The van der Waals surface area contributed by atoms with Gasteiger partial charge >= 0.3 is 5.97 Å². The number of cyclic esters (lactones) is 1. The van der Waals surface area contributed by atoms with Crippen LogP contribution >= 0.6 is 0 Å². The van der Waals surface area contributed by atoms with Gasteiger partial charge in [0.1, 0.15) is 24.9 Å². The topological polar surface area (TPSA) is 115 Å². The Morgan fingerprint density at radius 2 is 1.79 bits per heavy atom. The summed E-state index contributed by atoms with van der Waals surface area (Å²) in [7, 11) is 1.49. The Balaban J connectivity index is 1.16. The van der Waals surface area contributed by atoms with Crippen molar-refractivity contribution in [2.75, 3.05) is 13.7 Å². The maximum atomic E-state index is 12.4. The summed E-state index contributed by atoms with van der Waals surface area (Å²) in [4.78, 5) is 11.8. The Labute approximate surface area is 226 Å².